The monoisotopic (exact) mass is 338 g/mol. The van der Waals surface area contributed by atoms with Gasteiger partial charge >= 0.3 is 0 Å². The normalized spacial score (nSPS) is 10.7. The van der Waals surface area contributed by atoms with E-state index < -0.39 is 5.82 Å². The SMILES string of the molecule is Cc1oc(-c2ccccc2)nc1CCN(C)C(=O)c1ccccc1F. The van der Waals surface area contributed by atoms with Crippen molar-refractivity contribution in [1.82, 2.24) is 9.88 Å². The highest BCUT2D eigenvalue weighted by Gasteiger charge is 2.17. The number of rotatable bonds is 5. The van der Waals surface area contributed by atoms with E-state index in [4.69, 9.17) is 4.42 Å². The molecule has 0 N–H and O–H groups in total. The second kappa shape index (κ2) is 7.30. The smallest absolute Gasteiger partial charge is 0.256 e. The van der Waals surface area contributed by atoms with Crippen molar-refractivity contribution in [2.75, 3.05) is 13.6 Å². The molecule has 5 heteroatoms. The van der Waals surface area contributed by atoms with Crippen molar-refractivity contribution in [1.29, 1.82) is 0 Å². The molecule has 25 heavy (non-hydrogen) atoms. The predicted octanol–water partition coefficient (Wildman–Crippen LogP) is 4.10. The fourth-order valence-corrected chi connectivity index (χ4v) is 2.58. The summed E-state index contributed by atoms with van der Waals surface area (Å²) in [4.78, 5) is 18.4. The van der Waals surface area contributed by atoms with Crippen LogP contribution in [0.15, 0.2) is 59.0 Å². The summed E-state index contributed by atoms with van der Waals surface area (Å²) in [6, 6.07) is 15.6. The number of oxazole rings is 1. The Kier molecular flexibility index (Phi) is 4.93. The lowest BCUT2D eigenvalue weighted by atomic mass is 10.2. The molecule has 0 radical (unpaired) electrons. The molecule has 0 aliphatic carbocycles. The maximum absolute atomic E-state index is 13.7. The van der Waals surface area contributed by atoms with Crippen LogP contribution in [0.1, 0.15) is 21.8 Å². The van der Waals surface area contributed by atoms with E-state index in [1.54, 1.807) is 19.2 Å². The summed E-state index contributed by atoms with van der Waals surface area (Å²) < 4.78 is 19.5. The number of carbonyl (C=O) groups is 1. The molecule has 0 aliphatic heterocycles. The maximum Gasteiger partial charge on any atom is 0.256 e. The quantitative estimate of drug-likeness (QED) is 0.703. The number of aromatic nitrogens is 1. The van der Waals surface area contributed by atoms with Crippen LogP contribution in [0.5, 0.6) is 0 Å². The Balaban J connectivity index is 1.68. The average Bonchev–Trinajstić information content (AvgIpc) is 3.01. The van der Waals surface area contributed by atoms with E-state index in [0.717, 1.165) is 17.0 Å². The standard InChI is InChI=1S/C20H19FN2O2/c1-14-18(22-19(25-14)15-8-4-3-5-9-15)12-13-23(2)20(24)16-10-6-7-11-17(16)21/h3-11H,12-13H2,1-2H3. The van der Waals surface area contributed by atoms with E-state index >= 15 is 0 Å². The molecular weight excluding hydrogens is 319 g/mol. The van der Waals surface area contributed by atoms with Gasteiger partial charge in [-0.1, -0.05) is 30.3 Å². The van der Waals surface area contributed by atoms with Gasteiger partial charge < -0.3 is 9.32 Å². The van der Waals surface area contributed by atoms with Crippen molar-refractivity contribution in [2.24, 2.45) is 0 Å². The van der Waals surface area contributed by atoms with Gasteiger partial charge in [-0.15, -0.1) is 0 Å². The van der Waals surface area contributed by atoms with Gasteiger partial charge in [0, 0.05) is 25.6 Å². The minimum Gasteiger partial charge on any atom is -0.441 e. The molecule has 2 aromatic carbocycles. The minimum absolute atomic E-state index is 0.0758. The van der Waals surface area contributed by atoms with Gasteiger partial charge in [-0.2, -0.15) is 0 Å². The highest BCUT2D eigenvalue weighted by molar-refractivity contribution is 5.94. The summed E-state index contributed by atoms with van der Waals surface area (Å²) in [6.07, 6.45) is 0.541. The third kappa shape index (κ3) is 3.76. The molecule has 0 aliphatic rings. The van der Waals surface area contributed by atoms with Gasteiger partial charge in [0.25, 0.3) is 5.91 Å². The molecule has 0 atom stereocenters. The van der Waals surface area contributed by atoms with Crippen molar-refractivity contribution in [2.45, 2.75) is 13.3 Å². The summed E-state index contributed by atoms with van der Waals surface area (Å²) in [5, 5.41) is 0. The fraction of sp³-hybridized carbons (Fsp3) is 0.200. The van der Waals surface area contributed by atoms with Crippen molar-refractivity contribution in [3.05, 3.63) is 77.4 Å². The molecule has 0 bridgehead atoms. The number of carbonyl (C=O) groups excluding carboxylic acids is 1. The second-order valence-electron chi connectivity index (χ2n) is 5.84. The number of hydrogen-bond donors (Lipinski definition) is 0. The summed E-state index contributed by atoms with van der Waals surface area (Å²) in [5.41, 5.74) is 1.78. The van der Waals surface area contributed by atoms with Crippen molar-refractivity contribution >= 4 is 5.91 Å². The lowest BCUT2D eigenvalue weighted by molar-refractivity contribution is 0.0791. The van der Waals surface area contributed by atoms with E-state index in [1.165, 1.54) is 17.0 Å². The number of likely N-dealkylation sites (N-methyl/N-ethyl adjacent to an activating group) is 1. The van der Waals surface area contributed by atoms with Gasteiger partial charge in [0.15, 0.2) is 0 Å². The molecule has 0 saturated heterocycles. The van der Waals surface area contributed by atoms with Crippen molar-refractivity contribution in [3.63, 3.8) is 0 Å². The zero-order chi connectivity index (χ0) is 17.8. The van der Waals surface area contributed by atoms with Gasteiger partial charge in [-0.25, -0.2) is 9.37 Å². The van der Waals surface area contributed by atoms with Crippen LogP contribution in [0.2, 0.25) is 0 Å². The minimum atomic E-state index is -0.511. The molecule has 3 rings (SSSR count). The molecule has 1 aromatic heterocycles. The van der Waals surface area contributed by atoms with E-state index in [-0.39, 0.29) is 11.5 Å². The van der Waals surface area contributed by atoms with Crippen LogP contribution >= 0.6 is 0 Å². The van der Waals surface area contributed by atoms with Gasteiger partial charge in [0.05, 0.1) is 11.3 Å². The van der Waals surface area contributed by atoms with Crippen LogP contribution in [0.4, 0.5) is 4.39 Å². The van der Waals surface area contributed by atoms with Crippen LogP contribution < -0.4 is 0 Å². The Morgan fingerprint density at radius 1 is 1.12 bits per heavy atom. The largest absolute Gasteiger partial charge is 0.441 e. The zero-order valence-electron chi connectivity index (χ0n) is 14.2. The maximum atomic E-state index is 13.7. The summed E-state index contributed by atoms with van der Waals surface area (Å²) >= 11 is 0. The van der Waals surface area contributed by atoms with Gasteiger partial charge in [-0.05, 0) is 31.2 Å². The number of hydrogen-bond acceptors (Lipinski definition) is 3. The first-order chi connectivity index (χ1) is 12.1. The Hall–Kier alpha value is -2.95. The molecule has 3 aromatic rings. The van der Waals surface area contributed by atoms with E-state index in [9.17, 15) is 9.18 Å². The second-order valence-corrected chi connectivity index (χ2v) is 5.84. The van der Waals surface area contributed by atoms with E-state index in [2.05, 4.69) is 4.98 Å². The molecule has 1 amide bonds. The van der Waals surface area contributed by atoms with Crippen LogP contribution in [0.3, 0.4) is 0 Å². The van der Waals surface area contributed by atoms with E-state index in [1.807, 2.05) is 37.3 Å². The first kappa shape index (κ1) is 16.9. The zero-order valence-corrected chi connectivity index (χ0v) is 14.2. The lowest BCUT2D eigenvalue weighted by Gasteiger charge is -2.17. The third-order valence-corrected chi connectivity index (χ3v) is 4.05. The number of halogens is 1. The van der Waals surface area contributed by atoms with Crippen LogP contribution in [0, 0.1) is 12.7 Å². The summed E-state index contributed by atoms with van der Waals surface area (Å²) in [7, 11) is 1.66. The van der Waals surface area contributed by atoms with Crippen LogP contribution in [-0.4, -0.2) is 29.4 Å². The molecule has 1 heterocycles. The Morgan fingerprint density at radius 2 is 1.80 bits per heavy atom. The molecule has 0 saturated carbocycles. The Labute approximate surface area is 145 Å². The first-order valence-corrected chi connectivity index (χ1v) is 8.08. The Morgan fingerprint density at radius 3 is 2.52 bits per heavy atom. The highest BCUT2D eigenvalue weighted by atomic mass is 19.1. The topological polar surface area (TPSA) is 46.3 Å². The number of aryl methyl sites for hydroxylation is 1. The third-order valence-electron chi connectivity index (χ3n) is 4.05. The number of amides is 1. The first-order valence-electron chi connectivity index (χ1n) is 8.08. The summed E-state index contributed by atoms with van der Waals surface area (Å²) in [5.74, 6) is 0.438. The van der Waals surface area contributed by atoms with Crippen LogP contribution in [-0.2, 0) is 6.42 Å². The van der Waals surface area contributed by atoms with Crippen molar-refractivity contribution in [3.8, 4) is 11.5 Å². The van der Waals surface area contributed by atoms with Gasteiger partial charge in [-0.3, -0.25) is 4.79 Å². The van der Waals surface area contributed by atoms with Gasteiger partial charge in [0.1, 0.15) is 11.6 Å². The highest BCUT2D eigenvalue weighted by Crippen LogP contribution is 2.21. The Bertz CT molecular complexity index is 874. The number of nitrogens with zero attached hydrogens (tertiary/aromatic N) is 2. The lowest BCUT2D eigenvalue weighted by Crippen LogP contribution is -2.29. The molecule has 0 fully saturated rings. The molecule has 128 valence electrons. The fourth-order valence-electron chi connectivity index (χ4n) is 2.58. The predicted molar refractivity (Wildman–Crippen MR) is 93.7 cm³/mol. The number of benzene rings is 2. The average molecular weight is 338 g/mol. The summed E-state index contributed by atoms with van der Waals surface area (Å²) in [6.45, 7) is 2.28. The molecule has 4 nitrogen and oxygen atoms in total. The molecular formula is C20H19FN2O2. The van der Waals surface area contributed by atoms with Crippen molar-refractivity contribution < 1.29 is 13.6 Å². The molecule has 0 spiro atoms. The molecule has 0 unspecified atom stereocenters. The van der Waals surface area contributed by atoms with Crippen LogP contribution in [0.25, 0.3) is 11.5 Å². The van der Waals surface area contributed by atoms with Gasteiger partial charge in [0.2, 0.25) is 5.89 Å². The van der Waals surface area contributed by atoms with E-state index in [0.29, 0.717) is 18.9 Å².